The number of likely N-dealkylation sites (N-methyl/N-ethyl adjacent to an activating group) is 1. The van der Waals surface area contributed by atoms with E-state index in [2.05, 4.69) is 10.1 Å². The van der Waals surface area contributed by atoms with Crippen LogP contribution in [0.15, 0.2) is 34.9 Å². The Morgan fingerprint density at radius 3 is 2.61 bits per heavy atom. The lowest BCUT2D eigenvalue weighted by Crippen LogP contribution is -2.37. The van der Waals surface area contributed by atoms with Gasteiger partial charge in [0.05, 0.1) is 25.0 Å². The zero-order chi connectivity index (χ0) is 20.7. The summed E-state index contributed by atoms with van der Waals surface area (Å²) in [5, 5.41) is 2.54. The first-order chi connectivity index (χ1) is 13.3. The molecule has 2 aromatic rings. The number of carbonyl (C=O) groups excluding carboxylic acids is 2. The lowest BCUT2D eigenvalue weighted by atomic mass is 10.2. The average Bonchev–Trinajstić information content (AvgIpc) is 3.07. The van der Waals surface area contributed by atoms with Crippen molar-refractivity contribution < 1.29 is 32.3 Å². The quantitative estimate of drug-likeness (QED) is 0.705. The Morgan fingerprint density at radius 1 is 1.25 bits per heavy atom. The number of alkyl halides is 2. The number of amides is 2. The number of benzene rings is 1. The standard InChI is InChI=1S/C19H22F2N2O5/c1-4-26-16-9-13(5-6-15(16)28-19(20)21)11-23(3)17(24)10-22-18(25)14-7-8-27-12(14)2/h5-9,19H,4,10-11H2,1-3H3,(H,22,25). The van der Waals surface area contributed by atoms with Crippen molar-refractivity contribution in [1.82, 2.24) is 10.2 Å². The van der Waals surface area contributed by atoms with E-state index in [9.17, 15) is 18.4 Å². The molecular formula is C19H22F2N2O5. The second kappa shape index (κ2) is 9.72. The van der Waals surface area contributed by atoms with Crippen LogP contribution in [-0.4, -0.2) is 43.5 Å². The Balaban J connectivity index is 1.96. The topological polar surface area (TPSA) is 81.0 Å². The molecule has 0 unspecified atom stereocenters. The molecule has 152 valence electrons. The highest BCUT2D eigenvalue weighted by Crippen LogP contribution is 2.30. The third-order valence-corrected chi connectivity index (χ3v) is 3.87. The zero-order valence-electron chi connectivity index (χ0n) is 15.8. The molecule has 0 aliphatic carbocycles. The van der Waals surface area contributed by atoms with Gasteiger partial charge in [-0.3, -0.25) is 9.59 Å². The molecule has 0 aliphatic rings. The van der Waals surface area contributed by atoms with Gasteiger partial charge in [-0.2, -0.15) is 8.78 Å². The van der Waals surface area contributed by atoms with E-state index in [1.165, 1.54) is 23.3 Å². The number of hydrogen-bond acceptors (Lipinski definition) is 5. The molecule has 1 aromatic carbocycles. The van der Waals surface area contributed by atoms with E-state index < -0.39 is 12.5 Å². The molecule has 0 bridgehead atoms. The van der Waals surface area contributed by atoms with Crippen molar-refractivity contribution in [3.63, 3.8) is 0 Å². The SMILES string of the molecule is CCOc1cc(CN(C)C(=O)CNC(=O)c2ccoc2C)ccc1OC(F)F. The Kier molecular flexibility index (Phi) is 7.36. The maximum Gasteiger partial charge on any atom is 0.387 e. The van der Waals surface area contributed by atoms with Crippen molar-refractivity contribution in [3.8, 4) is 11.5 Å². The molecule has 9 heteroatoms. The van der Waals surface area contributed by atoms with Crippen molar-refractivity contribution in [1.29, 1.82) is 0 Å². The van der Waals surface area contributed by atoms with E-state index >= 15 is 0 Å². The number of hydrogen-bond donors (Lipinski definition) is 1. The van der Waals surface area contributed by atoms with Crippen molar-refractivity contribution in [2.75, 3.05) is 20.2 Å². The highest BCUT2D eigenvalue weighted by molar-refractivity contribution is 5.97. The summed E-state index contributed by atoms with van der Waals surface area (Å²) in [5.41, 5.74) is 1.03. The molecule has 1 aromatic heterocycles. The summed E-state index contributed by atoms with van der Waals surface area (Å²) in [7, 11) is 1.57. The summed E-state index contributed by atoms with van der Waals surface area (Å²) in [4.78, 5) is 25.7. The molecule has 1 heterocycles. The van der Waals surface area contributed by atoms with Crippen molar-refractivity contribution in [2.24, 2.45) is 0 Å². The molecule has 0 radical (unpaired) electrons. The molecule has 0 spiro atoms. The lowest BCUT2D eigenvalue weighted by Gasteiger charge is -2.19. The highest BCUT2D eigenvalue weighted by atomic mass is 19.3. The fourth-order valence-corrected chi connectivity index (χ4v) is 2.48. The number of rotatable bonds is 9. The molecular weight excluding hydrogens is 374 g/mol. The maximum absolute atomic E-state index is 12.5. The minimum atomic E-state index is -2.96. The second-order valence-corrected chi connectivity index (χ2v) is 5.92. The predicted molar refractivity (Wildman–Crippen MR) is 96.5 cm³/mol. The van der Waals surface area contributed by atoms with Crippen LogP contribution < -0.4 is 14.8 Å². The van der Waals surface area contributed by atoms with Gasteiger partial charge in [0.1, 0.15) is 5.76 Å². The zero-order valence-corrected chi connectivity index (χ0v) is 15.8. The van der Waals surface area contributed by atoms with Crippen LogP contribution in [0.3, 0.4) is 0 Å². The Bertz CT molecular complexity index is 822. The van der Waals surface area contributed by atoms with Crippen LogP contribution in [-0.2, 0) is 11.3 Å². The normalized spacial score (nSPS) is 10.6. The van der Waals surface area contributed by atoms with Gasteiger partial charge >= 0.3 is 6.61 Å². The molecule has 7 nitrogen and oxygen atoms in total. The van der Waals surface area contributed by atoms with E-state index in [1.54, 1.807) is 33.0 Å². The third-order valence-electron chi connectivity index (χ3n) is 3.87. The summed E-state index contributed by atoms with van der Waals surface area (Å²) in [6, 6.07) is 6.00. The summed E-state index contributed by atoms with van der Waals surface area (Å²) in [5.74, 6) is -0.157. The van der Waals surface area contributed by atoms with E-state index in [1.807, 2.05) is 0 Å². The van der Waals surface area contributed by atoms with Crippen LogP contribution in [0.2, 0.25) is 0 Å². The van der Waals surface area contributed by atoms with Crippen molar-refractivity contribution >= 4 is 11.8 Å². The molecule has 0 atom stereocenters. The van der Waals surface area contributed by atoms with Crippen LogP contribution in [0.5, 0.6) is 11.5 Å². The first-order valence-corrected chi connectivity index (χ1v) is 8.58. The van der Waals surface area contributed by atoms with E-state index in [4.69, 9.17) is 9.15 Å². The lowest BCUT2D eigenvalue weighted by molar-refractivity contribution is -0.129. The summed E-state index contributed by atoms with van der Waals surface area (Å²) in [6.45, 7) is 0.701. The van der Waals surface area contributed by atoms with Gasteiger partial charge in [-0.05, 0) is 37.6 Å². The van der Waals surface area contributed by atoms with Gasteiger partial charge in [-0.15, -0.1) is 0 Å². The van der Waals surface area contributed by atoms with Crippen LogP contribution in [0, 0.1) is 6.92 Å². The van der Waals surface area contributed by atoms with Crippen molar-refractivity contribution in [2.45, 2.75) is 27.0 Å². The predicted octanol–water partition coefficient (Wildman–Crippen LogP) is 2.98. The Hall–Kier alpha value is -3.10. The Morgan fingerprint density at radius 2 is 2.00 bits per heavy atom. The molecule has 2 rings (SSSR count). The fraction of sp³-hybridized carbons (Fsp3) is 0.368. The van der Waals surface area contributed by atoms with Crippen LogP contribution >= 0.6 is 0 Å². The van der Waals surface area contributed by atoms with Crippen LogP contribution in [0.25, 0.3) is 0 Å². The molecule has 1 N–H and O–H groups in total. The molecule has 2 amide bonds. The van der Waals surface area contributed by atoms with Crippen LogP contribution in [0.1, 0.15) is 28.6 Å². The molecule has 0 fully saturated rings. The van der Waals surface area contributed by atoms with E-state index in [0.29, 0.717) is 16.9 Å². The van der Waals surface area contributed by atoms with Gasteiger partial charge in [0.25, 0.3) is 5.91 Å². The molecule has 0 aliphatic heterocycles. The third kappa shape index (κ3) is 5.70. The van der Waals surface area contributed by atoms with Gasteiger partial charge in [0, 0.05) is 13.6 Å². The molecule has 0 saturated carbocycles. The average molecular weight is 396 g/mol. The largest absolute Gasteiger partial charge is 0.490 e. The van der Waals surface area contributed by atoms with Crippen LogP contribution in [0.4, 0.5) is 8.78 Å². The number of nitrogens with zero attached hydrogens (tertiary/aromatic N) is 1. The first-order valence-electron chi connectivity index (χ1n) is 8.58. The van der Waals surface area contributed by atoms with Gasteiger partial charge in [0.15, 0.2) is 11.5 Å². The number of furan rings is 1. The fourth-order valence-electron chi connectivity index (χ4n) is 2.48. The number of nitrogens with one attached hydrogen (secondary N) is 1. The van der Waals surface area contributed by atoms with Gasteiger partial charge in [-0.1, -0.05) is 6.07 Å². The van der Waals surface area contributed by atoms with Gasteiger partial charge in [-0.25, -0.2) is 0 Å². The van der Waals surface area contributed by atoms with Gasteiger partial charge < -0.3 is 24.1 Å². The number of halogens is 2. The van der Waals surface area contributed by atoms with E-state index in [0.717, 1.165) is 0 Å². The minimum absolute atomic E-state index is 0.0719. The smallest absolute Gasteiger partial charge is 0.387 e. The summed E-state index contributed by atoms with van der Waals surface area (Å²) in [6.07, 6.45) is 1.40. The maximum atomic E-state index is 12.5. The molecule has 28 heavy (non-hydrogen) atoms. The number of ether oxygens (including phenoxy) is 2. The first kappa shape index (κ1) is 21.2. The summed E-state index contributed by atoms with van der Waals surface area (Å²) >= 11 is 0. The second-order valence-electron chi connectivity index (χ2n) is 5.92. The summed E-state index contributed by atoms with van der Waals surface area (Å²) < 4.78 is 39.7. The number of aryl methyl sites for hydroxylation is 1. The number of carbonyl (C=O) groups is 2. The minimum Gasteiger partial charge on any atom is -0.490 e. The Labute approximate surface area is 161 Å². The molecule has 0 saturated heterocycles. The van der Waals surface area contributed by atoms with E-state index in [-0.39, 0.29) is 37.1 Å². The monoisotopic (exact) mass is 396 g/mol. The van der Waals surface area contributed by atoms with Crippen molar-refractivity contribution in [3.05, 3.63) is 47.4 Å². The highest BCUT2D eigenvalue weighted by Gasteiger charge is 2.16. The van der Waals surface area contributed by atoms with Gasteiger partial charge in [0.2, 0.25) is 5.91 Å².